The van der Waals surface area contributed by atoms with E-state index in [-0.39, 0.29) is 12.4 Å². The quantitative estimate of drug-likeness (QED) is 0.810. The van der Waals surface area contributed by atoms with Crippen molar-refractivity contribution in [2.75, 3.05) is 7.05 Å². The summed E-state index contributed by atoms with van der Waals surface area (Å²) in [5.41, 5.74) is 0.836. The van der Waals surface area contributed by atoms with Gasteiger partial charge in [-0.2, -0.15) is 0 Å². The highest BCUT2D eigenvalue weighted by atomic mass is 79.9. The van der Waals surface area contributed by atoms with Gasteiger partial charge in [-0.1, -0.05) is 22.0 Å². The zero-order chi connectivity index (χ0) is 14.8. The van der Waals surface area contributed by atoms with Crippen LogP contribution in [-0.4, -0.2) is 23.6 Å². The average Bonchev–Trinajstić information content (AvgIpc) is 2.23. The first kappa shape index (κ1) is 16.0. The molecular formula is C14H19BrFNO2. The molecule has 0 saturated carbocycles. The Labute approximate surface area is 121 Å². The first-order valence-electron chi connectivity index (χ1n) is 5.99. The maximum absolute atomic E-state index is 13.8. The zero-order valence-electron chi connectivity index (χ0n) is 11.9. The van der Waals surface area contributed by atoms with E-state index >= 15 is 0 Å². The summed E-state index contributed by atoms with van der Waals surface area (Å²) in [4.78, 5) is 13.2. The number of carbonyl (C=O) groups excluding carboxylic acids is 1. The fourth-order valence-corrected chi connectivity index (χ4v) is 1.81. The third kappa shape index (κ3) is 4.82. The molecule has 19 heavy (non-hydrogen) atoms. The van der Waals surface area contributed by atoms with Gasteiger partial charge < -0.3 is 9.64 Å². The normalized spacial score (nSPS) is 11.3. The molecule has 0 spiro atoms. The van der Waals surface area contributed by atoms with E-state index in [0.717, 1.165) is 5.56 Å². The Hall–Kier alpha value is -1.10. The molecule has 0 radical (unpaired) electrons. The van der Waals surface area contributed by atoms with Crippen molar-refractivity contribution in [2.24, 2.45) is 0 Å². The van der Waals surface area contributed by atoms with Crippen molar-refractivity contribution >= 4 is 22.0 Å². The number of halogens is 2. The van der Waals surface area contributed by atoms with Gasteiger partial charge in [0.15, 0.2) is 0 Å². The minimum atomic E-state index is -0.556. The molecule has 0 heterocycles. The van der Waals surface area contributed by atoms with Crippen molar-refractivity contribution in [3.8, 4) is 0 Å². The number of hydrogen-bond acceptors (Lipinski definition) is 2. The summed E-state index contributed by atoms with van der Waals surface area (Å²) >= 11 is 3.27. The van der Waals surface area contributed by atoms with E-state index in [1.54, 1.807) is 33.9 Å². The monoisotopic (exact) mass is 331 g/mol. The van der Waals surface area contributed by atoms with E-state index in [9.17, 15) is 9.18 Å². The molecule has 1 amide bonds. The lowest BCUT2D eigenvalue weighted by molar-refractivity contribution is 0.0283. The topological polar surface area (TPSA) is 29.5 Å². The van der Waals surface area contributed by atoms with Gasteiger partial charge in [-0.05, 0) is 39.3 Å². The Bertz CT molecular complexity index is 483. The van der Waals surface area contributed by atoms with Crippen molar-refractivity contribution < 1.29 is 13.9 Å². The molecule has 0 aliphatic carbocycles. The second-order valence-electron chi connectivity index (χ2n) is 5.53. The van der Waals surface area contributed by atoms with Gasteiger partial charge in [0.1, 0.15) is 11.4 Å². The number of amides is 1. The zero-order valence-corrected chi connectivity index (χ0v) is 13.5. The number of nitrogens with zero attached hydrogens (tertiary/aromatic N) is 1. The summed E-state index contributed by atoms with van der Waals surface area (Å²) in [6.45, 7) is 7.44. The van der Waals surface area contributed by atoms with Crippen LogP contribution in [0.5, 0.6) is 0 Å². The maximum Gasteiger partial charge on any atom is 0.410 e. The molecule has 0 saturated heterocycles. The molecule has 106 valence electrons. The van der Waals surface area contributed by atoms with E-state index in [1.165, 1.54) is 11.0 Å². The van der Waals surface area contributed by atoms with Gasteiger partial charge in [-0.3, -0.25) is 0 Å². The van der Waals surface area contributed by atoms with Gasteiger partial charge in [0.05, 0.1) is 6.54 Å². The third-order valence-corrected chi connectivity index (χ3v) is 3.29. The number of carbonyl (C=O) groups is 1. The second-order valence-corrected chi connectivity index (χ2v) is 6.38. The summed E-state index contributed by atoms with van der Waals surface area (Å²) in [6.07, 6.45) is -0.465. The van der Waals surface area contributed by atoms with E-state index in [4.69, 9.17) is 4.74 Å². The van der Waals surface area contributed by atoms with Crippen LogP contribution in [0, 0.1) is 12.7 Å². The molecule has 0 aromatic heterocycles. The summed E-state index contributed by atoms with van der Waals surface area (Å²) in [5, 5.41) is 0. The number of hydrogen-bond donors (Lipinski definition) is 0. The van der Waals surface area contributed by atoms with Crippen LogP contribution in [0.15, 0.2) is 16.6 Å². The summed E-state index contributed by atoms with van der Waals surface area (Å²) in [7, 11) is 1.59. The number of ether oxygens (including phenoxy) is 1. The van der Waals surface area contributed by atoms with Gasteiger partial charge in [0, 0.05) is 17.1 Å². The molecule has 1 rings (SSSR count). The van der Waals surface area contributed by atoms with Crippen molar-refractivity contribution in [1.29, 1.82) is 0 Å². The predicted molar refractivity (Wildman–Crippen MR) is 76.5 cm³/mol. The number of aryl methyl sites for hydroxylation is 1. The SMILES string of the molecule is Cc1cc(CN(C)C(=O)OC(C)(C)C)c(F)cc1Br. The van der Waals surface area contributed by atoms with Gasteiger partial charge in [0.25, 0.3) is 0 Å². The molecule has 3 nitrogen and oxygen atoms in total. The largest absolute Gasteiger partial charge is 0.444 e. The summed E-state index contributed by atoms with van der Waals surface area (Å²) in [6, 6.07) is 3.13. The molecule has 5 heteroatoms. The first-order valence-corrected chi connectivity index (χ1v) is 6.78. The van der Waals surface area contributed by atoms with E-state index < -0.39 is 11.7 Å². The first-order chi connectivity index (χ1) is 8.60. The van der Waals surface area contributed by atoms with Gasteiger partial charge in [-0.15, -0.1) is 0 Å². The van der Waals surface area contributed by atoms with E-state index in [0.29, 0.717) is 10.0 Å². The Morgan fingerprint density at radius 3 is 2.53 bits per heavy atom. The Morgan fingerprint density at radius 2 is 2.00 bits per heavy atom. The lowest BCUT2D eigenvalue weighted by atomic mass is 10.1. The van der Waals surface area contributed by atoms with Gasteiger partial charge in [-0.25, -0.2) is 9.18 Å². The molecule has 0 N–H and O–H groups in total. The predicted octanol–water partition coefficient (Wildman–Crippen LogP) is 4.26. The van der Waals surface area contributed by atoms with E-state index in [2.05, 4.69) is 15.9 Å². The number of benzene rings is 1. The smallest absolute Gasteiger partial charge is 0.410 e. The van der Waals surface area contributed by atoms with Crippen molar-refractivity contribution in [1.82, 2.24) is 4.90 Å². The van der Waals surface area contributed by atoms with Crippen molar-refractivity contribution in [2.45, 2.75) is 39.8 Å². The number of rotatable bonds is 2. The molecular weight excluding hydrogens is 313 g/mol. The molecule has 0 aliphatic heterocycles. The van der Waals surface area contributed by atoms with Gasteiger partial charge in [0.2, 0.25) is 0 Å². The molecule has 0 aliphatic rings. The van der Waals surface area contributed by atoms with Crippen LogP contribution in [0.2, 0.25) is 0 Å². The van der Waals surface area contributed by atoms with E-state index in [1.807, 2.05) is 6.92 Å². The molecule has 0 bridgehead atoms. The lowest BCUT2D eigenvalue weighted by Crippen LogP contribution is -2.34. The highest BCUT2D eigenvalue weighted by molar-refractivity contribution is 9.10. The van der Waals surface area contributed by atoms with Crippen molar-refractivity contribution in [3.05, 3.63) is 33.5 Å². The maximum atomic E-state index is 13.8. The van der Waals surface area contributed by atoms with Crippen molar-refractivity contribution in [3.63, 3.8) is 0 Å². The Kier molecular flexibility index (Phi) is 4.96. The fourth-order valence-electron chi connectivity index (χ4n) is 1.50. The Morgan fingerprint density at radius 1 is 1.42 bits per heavy atom. The van der Waals surface area contributed by atoms with Crippen LogP contribution in [0.25, 0.3) is 0 Å². The van der Waals surface area contributed by atoms with Crippen LogP contribution >= 0.6 is 15.9 Å². The second kappa shape index (κ2) is 5.90. The van der Waals surface area contributed by atoms with Crippen LogP contribution in [0.1, 0.15) is 31.9 Å². The standard InChI is InChI=1S/C14H19BrFNO2/c1-9-6-10(12(16)7-11(9)15)8-17(5)13(18)19-14(2,3)4/h6-7H,8H2,1-5H3. The van der Waals surface area contributed by atoms with Crippen LogP contribution in [0.3, 0.4) is 0 Å². The third-order valence-electron chi connectivity index (χ3n) is 2.44. The minimum Gasteiger partial charge on any atom is -0.444 e. The van der Waals surface area contributed by atoms with Crippen LogP contribution < -0.4 is 0 Å². The molecule has 0 unspecified atom stereocenters. The molecule has 1 aromatic rings. The summed E-state index contributed by atoms with van der Waals surface area (Å²) < 4.78 is 19.7. The summed E-state index contributed by atoms with van der Waals surface area (Å²) in [5.74, 6) is -0.340. The van der Waals surface area contributed by atoms with Crippen LogP contribution in [0.4, 0.5) is 9.18 Å². The lowest BCUT2D eigenvalue weighted by Gasteiger charge is -2.25. The average molecular weight is 332 g/mol. The minimum absolute atomic E-state index is 0.175. The molecule has 0 atom stereocenters. The highest BCUT2D eigenvalue weighted by Gasteiger charge is 2.20. The highest BCUT2D eigenvalue weighted by Crippen LogP contribution is 2.21. The van der Waals surface area contributed by atoms with Crippen LogP contribution in [-0.2, 0) is 11.3 Å². The van der Waals surface area contributed by atoms with Gasteiger partial charge >= 0.3 is 6.09 Å². The Balaban J connectivity index is 2.80. The molecule has 0 fully saturated rings. The fraction of sp³-hybridized carbons (Fsp3) is 0.500. The molecule has 1 aromatic carbocycles.